The van der Waals surface area contributed by atoms with E-state index in [0.717, 1.165) is 6.42 Å². The van der Waals surface area contributed by atoms with Crippen LogP contribution in [0.15, 0.2) is 11.6 Å². The molecular formula is C9H16O3. The zero-order valence-electron chi connectivity index (χ0n) is 7.67. The quantitative estimate of drug-likeness (QED) is 0.386. The van der Waals surface area contributed by atoms with E-state index in [1.54, 1.807) is 19.9 Å². The summed E-state index contributed by atoms with van der Waals surface area (Å²) in [4.78, 5) is 11.0. The smallest absolute Gasteiger partial charge is 0.333 e. The Balaban J connectivity index is 3.74. The second kappa shape index (κ2) is 6.85. The molecule has 0 saturated heterocycles. The van der Waals surface area contributed by atoms with Crippen LogP contribution in [0.1, 0.15) is 26.7 Å². The lowest BCUT2D eigenvalue weighted by Gasteiger charge is -2.00. The summed E-state index contributed by atoms with van der Waals surface area (Å²) in [7, 11) is 0. The van der Waals surface area contributed by atoms with Crippen LogP contribution >= 0.6 is 0 Å². The number of unbranched alkanes of at least 4 members (excludes halogenated alkanes) is 1. The van der Waals surface area contributed by atoms with Crippen molar-refractivity contribution in [2.45, 2.75) is 26.7 Å². The van der Waals surface area contributed by atoms with Gasteiger partial charge in [0, 0.05) is 12.2 Å². The molecule has 0 aliphatic heterocycles. The Kier molecular flexibility index (Phi) is 6.38. The second-order valence-corrected chi connectivity index (χ2v) is 2.47. The lowest BCUT2D eigenvalue weighted by molar-refractivity contribution is -0.138. The zero-order valence-corrected chi connectivity index (χ0v) is 7.67. The van der Waals surface area contributed by atoms with Crippen LogP contribution < -0.4 is 0 Å². The fourth-order valence-electron chi connectivity index (χ4n) is 0.738. The molecule has 0 saturated carbocycles. The highest BCUT2D eigenvalue weighted by molar-refractivity contribution is 5.87. The summed E-state index contributed by atoms with van der Waals surface area (Å²) in [6.07, 6.45) is 3.20. The third-order valence-corrected chi connectivity index (χ3v) is 1.41. The highest BCUT2D eigenvalue weighted by Gasteiger charge is 2.02. The van der Waals surface area contributed by atoms with E-state index in [2.05, 4.69) is 0 Å². The highest BCUT2D eigenvalue weighted by Crippen LogP contribution is 2.00. The van der Waals surface area contributed by atoms with Crippen molar-refractivity contribution in [2.24, 2.45) is 0 Å². The van der Waals surface area contributed by atoms with E-state index in [1.807, 2.05) is 0 Å². The average molecular weight is 172 g/mol. The molecule has 0 aromatic heterocycles. The SMILES string of the molecule is CCOC(=O)C(C)=CCCCO. The number of esters is 1. The molecular weight excluding hydrogens is 156 g/mol. The van der Waals surface area contributed by atoms with Crippen LogP contribution in [0.3, 0.4) is 0 Å². The van der Waals surface area contributed by atoms with Crippen molar-refractivity contribution in [3.8, 4) is 0 Å². The molecule has 0 unspecified atom stereocenters. The first kappa shape index (κ1) is 11.2. The molecule has 1 N–H and O–H groups in total. The third-order valence-electron chi connectivity index (χ3n) is 1.41. The van der Waals surface area contributed by atoms with Crippen LogP contribution in [-0.4, -0.2) is 24.3 Å². The van der Waals surface area contributed by atoms with Gasteiger partial charge in [-0.25, -0.2) is 4.79 Å². The Morgan fingerprint density at radius 3 is 2.75 bits per heavy atom. The van der Waals surface area contributed by atoms with Crippen LogP contribution in [0.2, 0.25) is 0 Å². The first-order valence-corrected chi connectivity index (χ1v) is 4.17. The number of carbonyl (C=O) groups excluding carboxylic acids is 1. The van der Waals surface area contributed by atoms with E-state index in [9.17, 15) is 4.79 Å². The van der Waals surface area contributed by atoms with Crippen molar-refractivity contribution in [3.05, 3.63) is 11.6 Å². The lowest BCUT2D eigenvalue weighted by Crippen LogP contribution is -2.04. The predicted molar refractivity (Wildman–Crippen MR) is 46.7 cm³/mol. The maximum atomic E-state index is 11.0. The number of ether oxygens (including phenoxy) is 1. The van der Waals surface area contributed by atoms with E-state index in [1.165, 1.54) is 0 Å². The molecule has 0 aliphatic carbocycles. The van der Waals surface area contributed by atoms with Gasteiger partial charge in [0.15, 0.2) is 0 Å². The topological polar surface area (TPSA) is 46.5 Å². The van der Waals surface area contributed by atoms with Crippen molar-refractivity contribution < 1.29 is 14.6 Å². The molecule has 0 aromatic carbocycles. The fraction of sp³-hybridized carbons (Fsp3) is 0.667. The lowest BCUT2D eigenvalue weighted by atomic mass is 10.2. The molecule has 0 rings (SSSR count). The molecule has 0 fully saturated rings. The minimum absolute atomic E-state index is 0.159. The molecule has 70 valence electrons. The highest BCUT2D eigenvalue weighted by atomic mass is 16.5. The Morgan fingerprint density at radius 1 is 1.58 bits per heavy atom. The van der Waals surface area contributed by atoms with E-state index in [-0.39, 0.29) is 12.6 Å². The number of carbonyl (C=O) groups is 1. The summed E-state index contributed by atoms with van der Waals surface area (Å²) in [6, 6.07) is 0. The molecule has 3 heteroatoms. The Bertz CT molecular complexity index is 161. The first-order valence-electron chi connectivity index (χ1n) is 4.17. The fourth-order valence-corrected chi connectivity index (χ4v) is 0.738. The van der Waals surface area contributed by atoms with E-state index in [4.69, 9.17) is 9.84 Å². The molecule has 0 atom stereocenters. The van der Waals surface area contributed by atoms with E-state index in [0.29, 0.717) is 18.6 Å². The number of aliphatic hydroxyl groups excluding tert-OH is 1. The largest absolute Gasteiger partial charge is 0.463 e. The van der Waals surface area contributed by atoms with Crippen LogP contribution in [0.25, 0.3) is 0 Å². The minimum Gasteiger partial charge on any atom is -0.463 e. The van der Waals surface area contributed by atoms with Gasteiger partial charge in [0.2, 0.25) is 0 Å². The standard InChI is InChI=1S/C9H16O3/c1-3-12-9(11)8(2)6-4-5-7-10/h6,10H,3-5,7H2,1-2H3. The van der Waals surface area contributed by atoms with Crippen LogP contribution in [0.4, 0.5) is 0 Å². The summed E-state index contributed by atoms with van der Waals surface area (Å²) in [6.45, 7) is 4.06. The molecule has 0 aliphatic rings. The zero-order chi connectivity index (χ0) is 9.40. The van der Waals surface area contributed by atoms with Crippen molar-refractivity contribution >= 4 is 5.97 Å². The van der Waals surface area contributed by atoms with Gasteiger partial charge < -0.3 is 9.84 Å². The summed E-state index contributed by atoms with van der Waals surface area (Å²) < 4.78 is 4.76. The summed E-state index contributed by atoms with van der Waals surface area (Å²) in [5, 5.41) is 8.48. The van der Waals surface area contributed by atoms with Crippen LogP contribution in [-0.2, 0) is 9.53 Å². The first-order chi connectivity index (χ1) is 5.72. The Morgan fingerprint density at radius 2 is 2.25 bits per heavy atom. The Labute approximate surface area is 73.0 Å². The molecule has 3 nitrogen and oxygen atoms in total. The monoisotopic (exact) mass is 172 g/mol. The molecule has 12 heavy (non-hydrogen) atoms. The van der Waals surface area contributed by atoms with Gasteiger partial charge in [-0.2, -0.15) is 0 Å². The molecule has 0 amide bonds. The van der Waals surface area contributed by atoms with Gasteiger partial charge in [-0.3, -0.25) is 0 Å². The molecule has 0 heterocycles. The van der Waals surface area contributed by atoms with Gasteiger partial charge >= 0.3 is 5.97 Å². The molecule has 0 radical (unpaired) electrons. The van der Waals surface area contributed by atoms with Crippen molar-refractivity contribution in [1.29, 1.82) is 0 Å². The third kappa shape index (κ3) is 4.91. The van der Waals surface area contributed by atoms with Crippen molar-refractivity contribution in [1.82, 2.24) is 0 Å². The van der Waals surface area contributed by atoms with Gasteiger partial charge in [0.1, 0.15) is 0 Å². The minimum atomic E-state index is -0.268. The van der Waals surface area contributed by atoms with Crippen LogP contribution in [0, 0.1) is 0 Å². The second-order valence-electron chi connectivity index (χ2n) is 2.47. The number of aliphatic hydroxyl groups is 1. The summed E-state index contributed by atoms with van der Waals surface area (Å²) >= 11 is 0. The number of hydrogen-bond acceptors (Lipinski definition) is 3. The maximum absolute atomic E-state index is 11.0. The molecule has 0 aromatic rings. The van der Waals surface area contributed by atoms with E-state index >= 15 is 0 Å². The van der Waals surface area contributed by atoms with Gasteiger partial charge in [-0.05, 0) is 26.7 Å². The van der Waals surface area contributed by atoms with Gasteiger partial charge in [-0.1, -0.05) is 6.08 Å². The van der Waals surface area contributed by atoms with Gasteiger partial charge in [-0.15, -0.1) is 0 Å². The maximum Gasteiger partial charge on any atom is 0.333 e. The van der Waals surface area contributed by atoms with Gasteiger partial charge in [0.25, 0.3) is 0 Å². The molecule has 0 spiro atoms. The van der Waals surface area contributed by atoms with Crippen molar-refractivity contribution in [2.75, 3.05) is 13.2 Å². The van der Waals surface area contributed by atoms with E-state index < -0.39 is 0 Å². The number of allylic oxidation sites excluding steroid dienone is 1. The summed E-state index contributed by atoms with van der Waals surface area (Å²) in [5.74, 6) is -0.268. The van der Waals surface area contributed by atoms with Gasteiger partial charge in [0.05, 0.1) is 6.61 Å². The normalized spacial score (nSPS) is 11.4. The Hall–Kier alpha value is -0.830. The van der Waals surface area contributed by atoms with Crippen molar-refractivity contribution in [3.63, 3.8) is 0 Å². The summed E-state index contributed by atoms with van der Waals surface area (Å²) in [5.41, 5.74) is 0.616. The predicted octanol–water partition coefficient (Wildman–Crippen LogP) is 1.27. The number of rotatable bonds is 5. The average Bonchev–Trinajstić information content (AvgIpc) is 2.05. The number of hydrogen-bond donors (Lipinski definition) is 1. The molecule has 0 bridgehead atoms. The van der Waals surface area contributed by atoms with Crippen LogP contribution in [0.5, 0.6) is 0 Å².